The maximum absolute atomic E-state index is 14.3. The second-order valence-electron chi connectivity index (χ2n) is 12.5. The molecule has 1 aromatic heterocycles. The van der Waals surface area contributed by atoms with Crippen LogP contribution in [0.25, 0.3) is 10.9 Å². The average molecular weight is 543 g/mol. The van der Waals surface area contributed by atoms with Crippen molar-refractivity contribution in [2.45, 2.75) is 69.2 Å². The highest BCUT2D eigenvalue weighted by Gasteiger charge is 2.74. The van der Waals surface area contributed by atoms with E-state index in [4.69, 9.17) is 14.7 Å². The van der Waals surface area contributed by atoms with Gasteiger partial charge in [-0.1, -0.05) is 61.5 Å². The summed E-state index contributed by atoms with van der Waals surface area (Å²) in [6, 6.07) is 12.0. The van der Waals surface area contributed by atoms with Crippen LogP contribution in [0.3, 0.4) is 0 Å². The van der Waals surface area contributed by atoms with Crippen molar-refractivity contribution < 1.29 is 19.4 Å². The van der Waals surface area contributed by atoms with E-state index >= 15 is 0 Å². The van der Waals surface area contributed by atoms with Crippen LogP contribution < -0.4 is 0 Å². The number of carbonyl (C=O) groups excluding carboxylic acids is 2. The number of para-hydroxylation sites is 1. The Labute approximate surface area is 233 Å². The fraction of sp³-hybridized carbons (Fsp3) is 0.500. The smallest absolute Gasteiger partial charge is 0.181 e. The number of hydrogen-bond donors (Lipinski definition) is 1. The maximum Gasteiger partial charge on any atom is 0.181 e. The topological polar surface area (TPSA) is 88.9 Å². The number of benzene rings is 1. The number of fused-ring (bicyclic) bond motifs is 8. The molecule has 1 aliphatic heterocycles. The van der Waals surface area contributed by atoms with Gasteiger partial charge in [-0.25, -0.2) is 9.98 Å². The van der Waals surface area contributed by atoms with Gasteiger partial charge in [0.1, 0.15) is 6.10 Å². The first-order valence-electron chi connectivity index (χ1n) is 14.0. The van der Waals surface area contributed by atoms with Crippen molar-refractivity contribution in [1.29, 1.82) is 0 Å². The van der Waals surface area contributed by atoms with Gasteiger partial charge in [0.2, 0.25) is 0 Å². The number of ether oxygens (including phenoxy) is 1. The van der Waals surface area contributed by atoms with Crippen LogP contribution in [0, 0.1) is 28.6 Å². The van der Waals surface area contributed by atoms with Gasteiger partial charge < -0.3 is 9.84 Å². The number of pyridine rings is 1. The number of hydrogen-bond acceptors (Lipinski definition) is 7. The summed E-state index contributed by atoms with van der Waals surface area (Å²) in [5.74, 6) is 1.34. The minimum Gasteiger partial charge on any atom is -0.475 e. The minimum absolute atomic E-state index is 0.00662. The van der Waals surface area contributed by atoms with E-state index in [1.165, 1.54) is 11.8 Å². The molecule has 6 nitrogen and oxygen atoms in total. The molecule has 2 heterocycles. The fourth-order valence-electron chi connectivity index (χ4n) is 9.07. The van der Waals surface area contributed by atoms with E-state index in [9.17, 15) is 14.7 Å². The van der Waals surface area contributed by atoms with Gasteiger partial charge in [-0.2, -0.15) is 0 Å². The Kier molecular flexibility index (Phi) is 5.57. The molecule has 0 spiro atoms. The third-order valence-corrected chi connectivity index (χ3v) is 11.6. The van der Waals surface area contributed by atoms with Gasteiger partial charge in [0.05, 0.1) is 22.4 Å². The molecule has 2 aromatic rings. The molecule has 8 atom stereocenters. The van der Waals surface area contributed by atoms with Gasteiger partial charge in [-0.3, -0.25) is 9.59 Å². The van der Waals surface area contributed by atoms with Crippen LogP contribution in [0.1, 0.15) is 46.5 Å². The number of rotatable bonds is 4. The summed E-state index contributed by atoms with van der Waals surface area (Å²) in [6.07, 6.45) is 7.54. The quantitative estimate of drug-likeness (QED) is 0.525. The van der Waals surface area contributed by atoms with Crippen molar-refractivity contribution in [3.63, 3.8) is 0 Å². The fourth-order valence-corrected chi connectivity index (χ4v) is 9.89. The predicted octanol–water partition coefficient (Wildman–Crippen LogP) is 5.34. The molecule has 7 rings (SSSR count). The molecule has 0 radical (unpaired) electrons. The van der Waals surface area contributed by atoms with Crippen molar-refractivity contribution in [1.82, 2.24) is 4.98 Å². The summed E-state index contributed by atoms with van der Waals surface area (Å²) < 4.78 is 6.29. The van der Waals surface area contributed by atoms with Gasteiger partial charge in [0.25, 0.3) is 0 Å². The van der Waals surface area contributed by atoms with Crippen molar-refractivity contribution in [2.24, 2.45) is 33.6 Å². The van der Waals surface area contributed by atoms with Gasteiger partial charge >= 0.3 is 0 Å². The molecule has 7 heteroatoms. The van der Waals surface area contributed by atoms with Crippen LogP contribution in [0.2, 0.25) is 0 Å². The molecule has 202 valence electrons. The zero-order valence-electron chi connectivity index (χ0n) is 22.6. The molecule has 4 aliphatic carbocycles. The summed E-state index contributed by atoms with van der Waals surface area (Å²) in [5, 5.41) is 13.7. The second kappa shape index (κ2) is 8.61. The average Bonchev–Trinajstić information content (AvgIpc) is 3.37. The first kappa shape index (κ1) is 25.2. The monoisotopic (exact) mass is 542 g/mol. The molecule has 0 amide bonds. The molecule has 5 unspecified atom stereocenters. The van der Waals surface area contributed by atoms with Crippen LogP contribution >= 0.6 is 11.8 Å². The molecule has 3 saturated carbocycles. The summed E-state index contributed by atoms with van der Waals surface area (Å²) in [6.45, 7) is 6.19. The van der Waals surface area contributed by atoms with Crippen LogP contribution in [0.15, 0.2) is 70.2 Å². The van der Waals surface area contributed by atoms with Gasteiger partial charge in [-0.05, 0) is 61.8 Å². The number of nitrogens with zero attached hydrogens (tertiary/aromatic N) is 2. The standard InChI is InChI=1S/C32H34N2O4S/c1-18-34-32(26(37)17-39-28-11-8-19-6-4-5-7-24(19)33-28)27(38-18)15-23-22-10-9-20-14-21(35)12-13-30(20,2)29(22)25(36)16-31(23,32)3/h4-8,11-14,22-23,25,27,29,36H,9-10,15-17H2,1-3H3/t22?,23?,25-,27+,29?,30?,31?,32+/m0/s1. The maximum atomic E-state index is 14.3. The lowest BCUT2D eigenvalue weighted by atomic mass is 9.46. The number of aromatic nitrogens is 1. The number of ketones is 2. The number of aliphatic hydroxyl groups is 1. The molecule has 5 aliphatic rings. The second-order valence-corrected chi connectivity index (χ2v) is 13.5. The minimum atomic E-state index is -1.01. The first-order valence-corrected chi connectivity index (χ1v) is 15.0. The van der Waals surface area contributed by atoms with E-state index in [2.05, 4.69) is 13.8 Å². The number of allylic oxidation sites excluding steroid dienone is 4. The summed E-state index contributed by atoms with van der Waals surface area (Å²) >= 11 is 1.45. The highest BCUT2D eigenvalue weighted by atomic mass is 32.2. The van der Waals surface area contributed by atoms with E-state index in [1.54, 1.807) is 12.2 Å². The number of Topliss-reactive ketones (excluding diaryl/α,β-unsaturated/α-hetero) is 1. The Morgan fingerprint density at radius 2 is 2.03 bits per heavy atom. The lowest BCUT2D eigenvalue weighted by Crippen LogP contribution is -2.62. The molecule has 1 N–H and O–H groups in total. The van der Waals surface area contributed by atoms with Crippen LogP contribution in [-0.4, -0.2) is 51.1 Å². The normalized spacial score (nSPS) is 40.2. The Balaban J connectivity index is 1.21. The Morgan fingerprint density at radius 1 is 1.21 bits per heavy atom. The zero-order chi connectivity index (χ0) is 27.2. The van der Waals surface area contributed by atoms with Crippen LogP contribution in [0.5, 0.6) is 0 Å². The van der Waals surface area contributed by atoms with E-state index in [1.807, 2.05) is 49.4 Å². The van der Waals surface area contributed by atoms with Crippen LogP contribution in [-0.2, 0) is 14.3 Å². The first-order chi connectivity index (χ1) is 18.7. The van der Waals surface area contributed by atoms with Crippen LogP contribution in [0.4, 0.5) is 0 Å². The molecule has 3 fully saturated rings. The largest absolute Gasteiger partial charge is 0.475 e. The van der Waals surface area contributed by atoms with Crippen molar-refractivity contribution >= 4 is 40.1 Å². The van der Waals surface area contributed by atoms with E-state index in [0.29, 0.717) is 12.3 Å². The Morgan fingerprint density at radius 3 is 2.87 bits per heavy atom. The van der Waals surface area contributed by atoms with Gasteiger partial charge in [0.15, 0.2) is 23.0 Å². The number of carbonyl (C=O) groups is 2. The summed E-state index contributed by atoms with van der Waals surface area (Å²) in [5.41, 5.74) is 0.177. The SMILES string of the molecule is CC1=N[C@]2(C(=O)CSc3ccc4ccccc4n3)[C@@H](CC3C4CCC5=CC(=O)C=CC5(C)C4[C@@H](O)CC32C)O1. The third-order valence-electron chi connectivity index (χ3n) is 10.7. The Bertz CT molecular complexity index is 1500. The van der Waals surface area contributed by atoms with Crippen molar-refractivity contribution in [3.05, 3.63) is 60.2 Å². The van der Waals surface area contributed by atoms with E-state index in [0.717, 1.165) is 40.8 Å². The highest BCUT2D eigenvalue weighted by Crippen LogP contribution is 2.69. The predicted molar refractivity (Wildman–Crippen MR) is 152 cm³/mol. The number of aliphatic imine (C=N–C) groups is 1. The number of aliphatic hydroxyl groups excluding tert-OH is 1. The molecule has 0 bridgehead atoms. The molecule has 39 heavy (non-hydrogen) atoms. The third kappa shape index (κ3) is 3.45. The summed E-state index contributed by atoms with van der Waals surface area (Å²) in [4.78, 5) is 36.2. The van der Waals surface area contributed by atoms with Gasteiger partial charge in [-0.15, -0.1) is 0 Å². The highest BCUT2D eigenvalue weighted by molar-refractivity contribution is 7.99. The zero-order valence-corrected chi connectivity index (χ0v) is 23.4. The molecule has 1 aromatic carbocycles. The molecular formula is C32H34N2O4S. The summed E-state index contributed by atoms with van der Waals surface area (Å²) in [7, 11) is 0. The van der Waals surface area contributed by atoms with E-state index < -0.39 is 17.1 Å². The molecular weight excluding hydrogens is 508 g/mol. The van der Waals surface area contributed by atoms with Gasteiger partial charge in [0, 0.05) is 29.1 Å². The number of thioether (sulfide) groups is 1. The van der Waals surface area contributed by atoms with E-state index in [-0.39, 0.29) is 46.6 Å². The lowest BCUT2D eigenvalue weighted by Gasteiger charge is -2.59. The van der Waals surface area contributed by atoms with Crippen molar-refractivity contribution in [3.8, 4) is 0 Å². The molecule has 0 saturated heterocycles. The Hall–Kier alpha value is -2.77. The lowest BCUT2D eigenvalue weighted by molar-refractivity contribution is -0.141. The van der Waals surface area contributed by atoms with Crippen molar-refractivity contribution in [2.75, 3.05) is 5.75 Å².